The van der Waals surface area contributed by atoms with Gasteiger partial charge >= 0.3 is 12.4 Å². The number of halogens is 6. The number of alkyl halides is 6. The van der Waals surface area contributed by atoms with Crippen molar-refractivity contribution in [3.63, 3.8) is 0 Å². The van der Waals surface area contributed by atoms with Gasteiger partial charge in [0.15, 0.2) is 0 Å². The molecule has 0 aromatic heterocycles. The zero-order chi connectivity index (χ0) is 26.2. The molecule has 5 atom stereocenters. The van der Waals surface area contributed by atoms with Crippen LogP contribution in [0.25, 0.3) is 0 Å². The summed E-state index contributed by atoms with van der Waals surface area (Å²) in [5, 5.41) is 19.4. The first-order valence-corrected chi connectivity index (χ1v) is 12.7. The summed E-state index contributed by atoms with van der Waals surface area (Å²) in [4.78, 5) is 0. The van der Waals surface area contributed by atoms with E-state index in [2.05, 4.69) is 25.7 Å². The van der Waals surface area contributed by atoms with Gasteiger partial charge in [-0.2, -0.15) is 26.3 Å². The lowest BCUT2D eigenvalue weighted by Crippen LogP contribution is -2.56. The van der Waals surface area contributed by atoms with E-state index in [1.165, 1.54) is 5.57 Å². The molecular formula is C27H38F6O2. The zero-order valence-electron chi connectivity index (χ0n) is 20.6. The molecule has 0 spiro atoms. The maximum atomic E-state index is 13.0. The van der Waals surface area contributed by atoms with Crippen LogP contribution >= 0.6 is 0 Å². The molecule has 3 aliphatic carbocycles. The maximum absolute atomic E-state index is 13.0. The number of fused-ring (bicyclic) bond motifs is 1. The van der Waals surface area contributed by atoms with Crippen molar-refractivity contribution in [2.75, 3.05) is 0 Å². The van der Waals surface area contributed by atoms with Crippen molar-refractivity contribution in [3.05, 3.63) is 35.5 Å². The van der Waals surface area contributed by atoms with E-state index < -0.39 is 24.4 Å². The molecule has 0 aromatic rings. The smallest absolute Gasteiger partial charge is 0.393 e. The Kier molecular flexibility index (Phi) is 8.27. The molecule has 0 bridgehead atoms. The number of hydrogen-bond acceptors (Lipinski definition) is 2. The van der Waals surface area contributed by atoms with E-state index in [1.54, 1.807) is 0 Å². The number of rotatable bonds is 6. The number of aliphatic hydroxyl groups is 2. The molecule has 2 unspecified atom stereocenters. The van der Waals surface area contributed by atoms with Gasteiger partial charge in [0.05, 0.1) is 6.10 Å². The van der Waals surface area contributed by atoms with Crippen LogP contribution in [0.3, 0.4) is 0 Å². The van der Waals surface area contributed by atoms with E-state index in [9.17, 15) is 36.6 Å². The normalized spacial score (nSPS) is 33.9. The van der Waals surface area contributed by atoms with Gasteiger partial charge in [0.25, 0.3) is 5.60 Å². The molecule has 0 heterocycles. The molecule has 0 amide bonds. The van der Waals surface area contributed by atoms with E-state index in [0.717, 1.165) is 56.1 Å². The van der Waals surface area contributed by atoms with Crippen molar-refractivity contribution in [2.45, 2.75) is 109 Å². The third kappa shape index (κ3) is 5.68. The summed E-state index contributed by atoms with van der Waals surface area (Å²) in [6.45, 7) is 8.26. The fourth-order valence-electron chi connectivity index (χ4n) is 6.93. The van der Waals surface area contributed by atoms with Gasteiger partial charge in [0, 0.05) is 0 Å². The molecule has 3 fully saturated rings. The second-order valence-corrected chi connectivity index (χ2v) is 11.3. The highest BCUT2D eigenvalue weighted by Gasteiger charge is 2.69. The molecule has 2 N–H and O–H groups in total. The first-order valence-electron chi connectivity index (χ1n) is 12.7. The topological polar surface area (TPSA) is 40.5 Å². The summed E-state index contributed by atoms with van der Waals surface area (Å²) in [5.74, 6) is 0.506. The minimum Gasteiger partial charge on any atom is -0.393 e. The third-order valence-electron chi connectivity index (χ3n) is 9.05. The Labute approximate surface area is 204 Å². The van der Waals surface area contributed by atoms with Crippen LogP contribution in [0.15, 0.2) is 35.5 Å². The summed E-state index contributed by atoms with van der Waals surface area (Å²) >= 11 is 0. The molecule has 35 heavy (non-hydrogen) atoms. The van der Waals surface area contributed by atoms with E-state index in [0.29, 0.717) is 12.3 Å². The van der Waals surface area contributed by atoms with Gasteiger partial charge in [0.2, 0.25) is 0 Å². The largest absolute Gasteiger partial charge is 0.426 e. The van der Waals surface area contributed by atoms with Crippen LogP contribution in [-0.2, 0) is 0 Å². The highest BCUT2D eigenvalue weighted by atomic mass is 19.4. The molecule has 200 valence electrons. The van der Waals surface area contributed by atoms with Crippen molar-refractivity contribution < 1.29 is 36.6 Å². The Morgan fingerprint density at radius 3 is 2.34 bits per heavy atom. The Hall–Kier alpha value is -1.28. The Morgan fingerprint density at radius 2 is 1.71 bits per heavy atom. The van der Waals surface area contributed by atoms with Crippen LogP contribution in [0, 0.1) is 23.2 Å². The van der Waals surface area contributed by atoms with Crippen LogP contribution in [0.1, 0.15) is 84.5 Å². The fraction of sp³-hybridized carbons (Fsp3) is 0.778. The van der Waals surface area contributed by atoms with Crippen LogP contribution in [-0.4, -0.2) is 34.3 Å². The van der Waals surface area contributed by atoms with Crippen molar-refractivity contribution in [1.29, 1.82) is 0 Å². The second kappa shape index (κ2) is 10.2. The molecular weight excluding hydrogens is 470 g/mol. The average Bonchev–Trinajstić information content (AvgIpc) is 3.10. The number of hydrogen-bond donors (Lipinski definition) is 2. The van der Waals surface area contributed by atoms with Crippen molar-refractivity contribution in [1.82, 2.24) is 0 Å². The van der Waals surface area contributed by atoms with Gasteiger partial charge in [0.1, 0.15) is 0 Å². The van der Waals surface area contributed by atoms with E-state index in [1.807, 2.05) is 6.92 Å². The van der Waals surface area contributed by atoms with Crippen LogP contribution in [0.4, 0.5) is 26.3 Å². The maximum Gasteiger partial charge on any atom is 0.426 e. The molecule has 0 aromatic carbocycles. The standard InChI is InChI=1S/C27H38F6O2/c1-17-8-11-21(34)16-20(17)10-9-19-7-5-14-24(3)22(12-13-23(19)24)18(2)6-4-15-25(35,26(28,29)30)27(31,32)33/h9-10,18,21-23,34-35H,1,4-8,11-16H2,2-3H3/b19-9+,20-10-/t18?,21-,22?,23-,24+/m0/s1. The third-order valence-corrected chi connectivity index (χ3v) is 9.05. The SMILES string of the molecule is C=C1CC[C@H](O)C/C1=C/C=C1\CCC[C@]2(C)C(C(C)CCCC(O)(C(F)(F)F)C(F)(F)F)CC[C@@H]12. The quantitative estimate of drug-likeness (QED) is 0.359. The second-order valence-electron chi connectivity index (χ2n) is 11.3. The van der Waals surface area contributed by atoms with Gasteiger partial charge in [-0.05, 0) is 93.0 Å². The van der Waals surface area contributed by atoms with Gasteiger partial charge in [-0.1, -0.05) is 50.1 Å². The van der Waals surface area contributed by atoms with Gasteiger partial charge < -0.3 is 10.2 Å². The molecule has 3 saturated carbocycles. The molecule has 2 nitrogen and oxygen atoms in total. The predicted molar refractivity (Wildman–Crippen MR) is 123 cm³/mol. The first kappa shape index (κ1) is 28.3. The lowest BCUT2D eigenvalue weighted by atomic mass is 9.60. The molecule has 0 saturated heterocycles. The molecule has 3 aliphatic rings. The summed E-state index contributed by atoms with van der Waals surface area (Å²) in [6.07, 6.45) is -2.17. The first-order chi connectivity index (χ1) is 16.1. The summed E-state index contributed by atoms with van der Waals surface area (Å²) < 4.78 is 78.0. The van der Waals surface area contributed by atoms with E-state index in [4.69, 9.17) is 0 Å². The summed E-state index contributed by atoms with van der Waals surface area (Å²) in [5.41, 5.74) is -1.23. The summed E-state index contributed by atoms with van der Waals surface area (Å²) in [7, 11) is 0. The van der Waals surface area contributed by atoms with Crippen LogP contribution in [0.5, 0.6) is 0 Å². The highest BCUT2D eigenvalue weighted by Crippen LogP contribution is 2.60. The molecule has 8 heteroatoms. The van der Waals surface area contributed by atoms with Gasteiger partial charge in [-0.3, -0.25) is 0 Å². The molecule has 0 radical (unpaired) electrons. The monoisotopic (exact) mass is 508 g/mol. The zero-order valence-corrected chi connectivity index (χ0v) is 20.6. The van der Waals surface area contributed by atoms with Crippen molar-refractivity contribution in [3.8, 4) is 0 Å². The number of allylic oxidation sites excluding steroid dienone is 4. The van der Waals surface area contributed by atoms with Crippen LogP contribution < -0.4 is 0 Å². The molecule has 3 rings (SSSR count). The van der Waals surface area contributed by atoms with Crippen LogP contribution in [0.2, 0.25) is 0 Å². The van der Waals surface area contributed by atoms with E-state index >= 15 is 0 Å². The minimum atomic E-state index is -5.75. The van der Waals surface area contributed by atoms with Crippen molar-refractivity contribution >= 4 is 0 Å². The Morgan fingerprint density at radius 1 is 1.06 bits per heavy atom. The predicted octanol–water partition coefficient (Wildman–Crippen LogP) is 7.82. The Balaban J connectivity index is 1.68. The lowest BCUT2D eigenvalue weighted by Gasteiger charge is -2.44. The van der Waals surface area contributed by atoms with Gasteiger partial charge in [-0.25, -0.2) is 0 Å². The fourth-order valence-corrected chi connectivity index (χ4v) is 6.93. The minimum absolute atomic E-state index is 0.0401. The molecule has 0 aliphatic heterocycles. The average molecular weight is 509 g/mol. The number of aliphatic hydroxyl groups excluding tert-OH is 1. The Bertz CT molecular complexity index is 826. The van der Waals surface area contributed by atoms with Crippen molar-refractivity contribution in [2.24, 2.45) is 23.2 Å². The van der Waals surface area contributed by atoms with Gasteiger partial charge in [-0.15, -0.1) is 0 Å². The van der Waals surface area contributed by atoms with E-state index in [-0.39, 0.29) is 36.2 Å². The highest BCUT2D eigenvalue weighted by molar-refractivity contribution is 5.36. The summed E-state index contributed by atoms with van der Waals surface area (Å²) in [6, 6.07) is 0. The lowest BCUT2D eigenvalue weighted by molar-refractivity contribution is -0.370.